The molecule has 206 valence electrons. The van der Waals surface area contributed by atoms with Crippen LogP contribution in [0.5, 0.6) is 23.0 Å². The van der Waals surface area contributed by atoms with E-state index in [1.54, 1.807) is 6.92 Å². The fourth-order valence-corrected chi connectivity index (χ4v) is 3.83. The zero-order valence-electron chi connectivity index (χ0n) is 21.0. The number of nitrogens with one attached hydrogen (secondary N) is 1. The van der Waals surface area contributed by atoms with Crippen LogP contribution in [-0.4, -0.2) is 66.6 Å². The Hall–Kier alpha value is -4.45. The first-order valence-electron chi connectivity index (χ1n) is 11.9. The molecule has 12 heteroatoms. The van der Waals surface area contributed by atoms with Gasteiger partial charge in [0.15, 0.2) is 35.4 Å². The third-order valence-electron chi connectivity index (χ3n) is 5.80. The standard InChI is InChI=1S/C27H26F2N2O8/c1-15-25(39-19-9-5-17(29)6-10-19)22(38-18-7-3-16(28)4-8-18)14-36-13-20(27(34)37-15)31-26(33)23-24(32)21(35-2)11-12-30-23/h3-12,15,20,22,25,32H,13-14H2,1-2H3,(H,31,33). The van der Waals surface area contributed by atoms with Crippen LogP contribution in [0, 0.1) is 11.6 Å². The van der Waals surface area contributed by atoms with Crippen molar-refractivity contribution in [3.63, 3.8) is 0 Å². The first-order valence-corrected chi connectivity index (χ1v) is 11.9. The molecule has 0 aliphatic carbocycles. The molecule has 3 aromatic rings. The van der Waals surface area contributed by atoms with Gasteiger partial charge in [-0.05, 0) is 55.5 Å². The van der Waals surface area contributed by atoms with Crippen LogP contribution >= 0.6 is 0 Å². The Morgan fingerprint density at radius 2 is 1.62 bits per heavy atom. The fourth-order valence-electron chi connectivity index (χ4n) is 3.83. The maximum absolute atomic E-state index is 13.4. The van der Waals surface area contributed by atoms with E-state index in [-0.39, 0.29) is 30.4 Å². The van der Waals surface area contributed by atoms with Crippen molar-refractivity contribution in [1.82, 2.24) is 10.3 Å². The van der Waals surface area contributed by atoms with E-state index in [1.165, 1.54) is 67.9 Å². The first-order chi connectivity index (χ1) is 18.7. The largest absolute Gasteiger partial charge is 0.503 e. The lowest BCUT2D eigenvalue weighted by atomic mass is 10.1. The average Bonchev–Trinajstić information content (AvgIpc) is 2.96. The van der Waals surface area contributed by atoms with Crippen molar-refractivity contribution in [2.75, 3.05) is 20.3 Å². The highest BCUT2D eigenvalue weighted by Gasteiger charge is 2.38. The molecular weight excluding hydrogens is 518 g/mol. The molecule has 1 aromatic heterocycles. The van der Waals surface area contributed by atoms with Gasteiger partial charge in [0.2, 0.25) is 0 Å². The summed E-state index contributed by atoms with van der Waals surface area (Å²) < 4.78 is 55.2. The lowest BCUT2D eigenvalue weighted by Gasteiger charge is -2.31. The summed E-state index contributed by atoms with van der Waals surface area (Å²) >= 11 is 0. The molecule has 2 N–H and O–H groups in total. The van der Waals surface area contributed by atoms with Crippen LogP contribution in [0.15, 0.2) is 60.8 Å². The molecule has 2 heterocycles. The molecule has 4 unspecified atom stereocenters. The maximum Gasteiger partial charge on any atom is 0.331 e. The fraction of sp³-hybridized carbons (Fsp3) is 0.296. The van der Waals surface area contributed by atoms with Gasteiger partial charge in [0.25, 0.3) is 5.91 Å². The summed E-state index contributed by atoms with van der Waals surface area (Å²) in [5.74, 6) is -2.50. The number of hydrogen-bond acceptors (Lipinski definition) is 9. The molecule has 1 aliphatic rings. The summed E-state index contributed by atoms with van der Waals surface area (Å²) in [7, 11) is 1.32. The Morgan fingerprint density at radius 1 is 1.00 bits per heavy atom. The van der Waals surface area contributed by atoms with Crippen molar-refractivity contribution in [2.24, 2.45) is 0 Å². The Morgan fingerprint density at radius 3 is 2.23 bits per heavy atom. The summed E-state index contributed by atoms with van der Waals surface area (Å²) in [4.78, 5) is 29.7. The third-order valence-corrected chi connectivity index (χ3v) is 5.80. The van der Waals surface area contributed by atoms with Crippen LogP contribution < -0.4 is 19.5 Å². The van der Waals surface area contributed by atoms with E-state index in [0.29, 0.717) is 5.75 Å². The molecule has 1 aliphatic heterocycles. The van der Waals surface area contributed by atoms with E-state index in [1.807, 2.05) is 0 Å². The molecule has 1 fully saturated rings. The highest BCUT2D eigenvalue weighted by Crippen LogP contribution is 2.28. The van der Waals surface area contributed by atoms with Gasteiger partial charge in [-0.2, -0.15) is 0 Å². The molecule has 0 radical (unpaired) electrons. The van der Waals surface area contributed by atoms with Gasteiger partial charge < -0.3 is 34.1 Å². The third kappa shape index (κ3) is 6.90. The number of pyridine rings is 1. The van der Waals surface area contributed by atoms with Crippen molar-refractivity contribution < 1.29 is 47.2 Å². The second kappa shape index (κ2) is 12.4. The van der Waals surface area contributed by atoms with E-state index in [4.69, 9.17) is 23.7 Å². The molecule has 1 amide bonds. The Bertz CT molecular complexity index is 1290. The van der Waals surface area contributed by atoms with Crippen molar-refractivity contribution in [1.29, 1.82) is 0 Å². The van der Waals surface area contributed by atoms with Crippen molar-refractivity contribution >= 4 is 11.9 Å². The minimum absolute atomic E-state index is 0.0265. The van der Waals surface area contributed by atoms with Crippen molar-refractivity contribution in [3.8, 4) is 23.0 Å². The van der Waals surface area contributed by atoms with Crippen LogP contribution in [-0.2, 0) is 14.3 Å². The Labute approximate surface area is 222 Å². The van der Waals surface area contributed by atoms with Gasteiger partial charge >= 0.3 is 5.97 Å². The minimum Gasteiger partial charge on any atom is -0.503 e. The molecule has 0 spiro atoms. The second-order valence-corrected chi connectivity index (χ2v) is 8.56. The molecule has 4 rings (SSSR count). The summed E-state index contributed by atoms with van der Waals surface area (Å²) in [5, 5.41) is 12.7. The van der Waals surface area contributed by atoms with Crippen LogP contribution in [0.1, 0.15) is 17.4 Å². The molecule has 0 saturated carbocycles. The Balaban J connectivity index is 1.56. The average molecular weight is 545 g/mol. The molecule has 0 bridgehead atoms. The van der Waals surface area contributed by atoms with Crippen LogP contribution in [0.3, 0.4) is 0 Å². The van der Waals surface area contributed by atoms with Gasteiger partial charge in [0.1, 0.15) is 29.2 Å². The number of carbonyl (C=O) groups is 2. The zero-order valence-corrected chi connectivity index (χ0v) is 21.0. The van der Waals surface area contributed by atoms with Gasteiger partial charge in [0, 0.05) is 12.3 Å². The van der Waals surface area contributed by atoms with Crippen molar-refractivity contribution in [3.05, 3.63) is 78.1 Å². The predicted molar refractivity (Wildman–Crippen MR) is 132 cm³/mol. The number of benzene rings is 2. The van der Waals surface area contributed by atoms with Gasteiger partial charge in [-0.1, -0.05) is 0 Å². The van der Waals surface area contributed by atoms with Crippen LogP contribution in [0.2, 0.25) is 0 Å². The normalized spacial score (nSPS) is 21.5. The Kier molecular flexibility index (Phi) is 8.77. The number of methoxy groups -OCH3 is 1. The van der Waals surface area contributed by atoms with E-state index in [2.05, 4.69) is 10.3 Å². The van der Waals surface area contributed by atoms with Crippen LogP contribution in [0.25, 0.3) is 0 Å². The number of halogens is 2. The van der Waals surface area contributed by atoms with Gasteiger partial charge in [-0.15, -0.1) is 0 Å². The number of esters is 1. The smallest absolute Gasteiger partial charge is 0.331 e. The predicted octanol–water partition coefficient (Wildman–Crippen LogP) is 3.03. The summed E-state index contributed by atoms with van der Waals surface area (Å²) in [6, 6.07) is 10.6. The van der Waals surface area contributed by atoms with E-state index in [0.717, 1.165) is 0 Å². The number of cyclic esters (lactones) is 1. The number of hydrogen-bond donors (Lipinski definition) is 2. The lowest BCUT2D eigenvalue weighted by molar-refractivity contribution is -0.156. The van der Waals surface area contributed by atoms with Gasteiger partial charge in [0.05, 0.1) is 20.3 Å². The highest BCUT2D eigenvalue weighted by atomic mass is 19.1. The van der Waals surface area contributed by atoms with E-state index in [9.17, 15) is 23.5 Å². The molecule has 4 atom stereocenters. The molecule has 39 heavy (non-hydrogen) atoms. The SMILES string of the molecule is COc1ccnc(C(=O)NC2COCC(Oc3ccc(F)cc3)C(Oc3ccc(F)cc3)C(C)OC2=O)c1O. The molecule has 1 saturated heterocycles. The second-order valence-electron chi connectivity index (χ2n) is 8.56. The number of rotatable bonds is 7. The van der Waals surface area contributed by atoms with E-state index < -0.39 is 53.6 Å². The lowest BCUT2D eigenvalue weighted by Crippen LogP contribution is -2.48. The first kappa shape index (κ1) is 27.6. The minimum atomic E-state index is -1.27. The van der Waals surface area contributed by atoms with Gasteiger partial charge in [-0.25, -0.2) is 18.6 Å². The monoisotopic (exact) mass is 544 g/mol. The summed E-state index contributed by atoms with van der Waals surface area (Å²) in [6.07, 6.45) is -1.51. The molecule has 10 nitrogen and oxygen atoms in total. The number of nitrogens with zero attached hydrogens (tertiary/aromatic N) is 1. The van der Waals surface area contributed by atoms with Gasteiger partial charge in [-0.3, -0.25) is 4.79 Å². The number of amides is 1. The number of aromatic hydroxyl groups is 1. The zero-order chi connectivity index (χ0) is 27.9. The van der Waals surface area contributed by atoms with Crippen LogP contribution in [0.4, 0.5) is 8.78 Å². The maximum atomic E-state index is 13.4. The molecular formula is C27H26F2N2O8. The topological polar surface area (TPSA) is 125 Å². The number of aromatic nitrogens is 1. The summed E-state index contributed by atoms with van der Waals surface area (Å²) in [5.41, 5.74) is -0.356. The quantitative estimate of drug-likeness (QED) is 0.432. The van der Waals surface area contributed by atoms with E-state index >= 15 is 0 Å². The number of ether oxygens (including phenoxy) is 5. The van der Waals surface area contributed by atoms with Crippen molar-refractivity contribution in [2.45, 2.75) is 31.3 Å². The molecule has 2 aromatic carbocycles. The number of carbonyl (C=O) groups excluding carboxylic acids is 2. The highest BCUT2D eigenvalue weighted by molar-refractivity contribution is 5.98. The summed E-state index contributed by atoms with van der Waals surface area (Å²) in [6.45, 7) is 1.13.